The zero-order valence-corrected chi connectivity index (χ0v) is 10.5. The third-order valence-electron chi connectivity index (χ3n) is 2.26. The van der Waals surface area contributed by atoms with Crippen molar-refractivity contribution in [2.24, 2.45) is 0 Å². The van der Waals surface area contributed by atoms with E-state index in [1.54, 1.807) is 18.4 Å². The molecule has 2 aromatic heterocycles. The van der Waals surface area contributed by atoms with Crippen LogP contribution in [0.5, 0.6) is 0 Å². The average molecular weight is 253 g/mol. The number of methoxy groups -OCH3 is 1. The number of hydrogen-bond donors (Lipinski definition) is 1. The van der Waals surface area contributed by atoms with Gasteiger partial charge in [0.15, 0.2) is 11.6 Å². The van der Waals surface area contributed by atoms with Crippen molar-refractivity contribution in [2.45, 2.75) is 19.6 Å². The predicted molar refractivity (Wildman–Crippen MR) is 65.8 cm³/mol. The van der Waals surface area contributed by atoms with Crippen LogP contribution in [0, 0.1) is 0 Å². The first-order valence-electron chi connectivity index (χ1n) is 5.42. The van der Waals surface area contributed by atoms with Gasteiger partial charge >= 0.3 is 0 Å². The number of aromatic nitrogens is 3. The first-order chi connectivity index (χ1) is 8.35. The largest absolute Gasteiger partial charge is 0.396 e. The van der Waals surface area contributed by atoms with Gasteiger partial charge < -0.3 is 9.84 Å². The van der Waals surface area contributed by atoms with Crippen LogP contribution in [0.4, 0.5) is 0 Å². The van der Waals surface area contributed by atoms with Crippen LogP contribution < -0.4 is 0 Å². The van der Waals surface area contributed by atoms with E-state index in [1.807, 2.05) is 22.2 Å². The second kappa shape index (κ2) is 5.90. The Morgan fingerprint density at radius 3 is 3.06 bits per heavy atom. The lowest BCUT2D eigenvalue weighted by Gasteiger charge is -2.02. The van der Waals surface area contributed by atoms with Gasteiger partial charge in [-0.3, -0.25) is 0 Å². The quantitative estimate of drug-likeness (QED) is 0.848. The lowest BCUT2D eigenvalue weighted by atomic mass is 10.4. The normalized spacial score (nSPS) is 10.9. The fraction of sp³-hybridized carbons (Fsp3) is 0.455. The van der Waals surface area contributed by atoms with Crippen LogP contribution in [0.2, 0.25) is 0 Å². The third-order valence-corrected chi connectivity index (χ3v) is 3.12. The van der Waals surface area contributed by atoms with E-state index in [-0.39, 0.29) is 6.61 Å². The average Bonchev–Trinajstić information content (AvgIpc) is 2.95. The third kappa shape index (κ3) is 2.91. The SMILES string of the molecule is COCc1nc(-c2cccs2)n(CCCO)n1. The van der Waals surface area contributed by atoms with Gasteiger partial charge in [-0.25, -0.2) is 9.67 Å². The second-order valence-corrected chi connectivity index (χ2v) is 4.51. The maximum atomic E-state index is 8.88. The van der Waals surface area contributed by atoms with Gasteiger partial charge in [-0.05, 0) is 17.9 Å². The maximum absolute atomic E-state index is 8.88. The minimum atomic E-state index is 0.156. The van der Waals surface area contributed by atoms with Crippen molar-refractivity contribution in [3.63, 3.8) is 0 Å². The molecule has 6 heteroatoms. The molecular weight excluding hydrogens is 238 g/mol. The Kier molecular flexibility index (Phi) is 4.24. The summed E-state index contributed by atoms with van der Waals surface area (Å²) in [6, 6.07) is 4.00. The summed E-state index contributed by atoms with van der Waals surface area (Å²) in [6.45, 7) is 1.23. The molecule has 92 valence electrons. The van der Waals surface area contributed by atoms with Crippen molar-refractivity contribution in [1.29, 1.82) is 0 Å². The molecule has 0 unspecified atom stereocenters. The molecule has 0 amide bonds. The highest BCUT2D eigenvalue weighted by molar-refractivity contribution is 7.13. The summed E-state index contributed by atoms with van der Waals surface area (Å²) >= 11 is 1.63. The molecule has 2 heterocycles. The topological polar surface area (TPSA) is 60.2 Å². The first kappa shape index (κ1) is 12.2. The van der Waals surface area contributed by atoms with Gasteiger partial charge in [-0.2, -0.15) is 5.10 Å². The number of hydrogen-bond acceptors (Lipinski definition) is 5. The molecule has 0 fully saturated rings. The zero-order chi connectivity index (χ0) is 12.1. The van der Waals surface area contributed by atoms with E-state index in [4.69, 9.17) is 9.84 Å². The summed E-state index contributed by atoms with van der Waals surface area (Å²) in [4.78, 5) is 5.53. The Hall–Kier alpha value is -1.24. The Labute approximate surface area is 104 Å². The summed E-state index contributed by atoms with van der Waals surface area (Å²) in [5.74, 6) is 1.52. The smallest absolute Gasteiger partial charge is 0.176 e. The van der Waals surface area contributed by atoms with E-state index < -0.39 is 0 Å². The van der Waals surface area contributed by atoms with E-state index in [1.165, 1.54) is 0 Å². The highest BCUT2D eigenvalue weighted by Crippen LogP contribution is 2.23. The Bertz CT molecular complexity index is 453. The number of aryl methyl sites for hydroxylation is 1. The van der Waals surface area contributed by atoms with Crippen molar-refractivity contribution >= 4 is 11.3 Å². The zero-order valence-electron chi connectivity index (χ0n) is 9.67. The summed E-state index contributed by atoms with van der Waals surface area (Å²) in [5.41, 5.74) is 0. The number of aliphatic hydroxyl groups is 1. The van der Waals surface area contributed by atoms with E-state index in [2.05, 4.69) is 10.1 Å². The number of nitrogens with zero attached hydrogens (tertiary/aromatic N) is 3. The van der Waals surface area contributed by atoms with Crippen LogP contribution in [0.25, 0.3) is 10.7 Å². The first-order valence-corrected chi connectivity index (χ1v) is 6.30. The molecule has 5 nitrogen and oxygen atoms in total. The number of thiophene rings is 1. The molecule has 1 N–H and O–H groups in total. The van der Waals surface area contributed by atoms with E-state index >= 15 is 0 Å². The molecule has 0 bridgehead atoms. The monoisotopic (exact) mass is 253 g/mol. The number of ether oxygens (including phenoxy) is 1. The summed E-state index contributed by atoms with van der Waals surface area (Å²) in [5, 5.41) is 15.3. The van der Waals surface area contributed by atoms with Crippen LogP contribution in [0.1, 0.15) is 12.2 Å². The molecule has 0 spiro atoms. The van der Waals surface area contributed by atoms with Crippen LogP contribution in [0.3, 0.4) is 0 Å². The highest BCUT2D eigenvalue weighted by Gasteiger charge is 2.12. The molecule has 0 aliphatic rings. The van der Waals surface area contributed by atoms with Crippen LogP contribution in [0.15, 0.2) is 17.5 Å². The standard InChI is InChI=1S/C11H15N3O2S/c1-16-8-10-12-11(9-4-2-7-17-9)14(13-10)5-3-6-15/h2,4,7,15H,3,5-6,8H2,1H3. The lowest BCUT2D eigenvalue weighted by molar-refractivity contribution is 0.177. The predicted octanol–water partition coefficient (Wildman–Crippen LogP) is 1.54. The Balaban J connectivity index is 2.27. The molecule has 0 aliphatic heterocycles. The van der Waals surface area contributed by atoms with Gasteiger partial charge in [0, 0.05) is 20.3 Å². The maximum Gasteiger partial charge on any atom is 0.176 e. The Morgan fingerprint density at radius 1 is 1.53 bits per heavy atom. The number of aliphatic hydroxyl groups excluding tert-OH is 1. The molecule has 0 saturated carbocycles. The summed E-state index contributed by atoms with van der Waals surface area (Å²) in [7, 11) is 1.62. The van der Waals surface area contributed by atoms with Crippen molar-refractivity contribution in [2.75, 3.05) is 13.7 Å². The lowest BCUT2D eigenvalue weighted by Crippen LogP contribution is -2.04. The molecule has 0 radical (unpaired) electrons. The minimum Gasteiger partial charge on any atom is -0.396 e. The van der Waals surface area contributed by atoms with Crippen LogP contribution >= 0.6 is 11.3 Å². The van der Waals surface area contributed by atoms with Gasteiger partial charge in [0.25, 0.3) is 0 Å². The number of rotatable bonds is 6. The molecule has 0 atom stereocenters. The van der Waals surface area contributed by atoms with Crippen LogP contribution in [-0.4, -0.2) is 33.6 Å². The fourth-order valence-corrected chi connectivity index (χ4v) is 2.26. The fourth-order valence-electron chi connectivity index (χ4n) is 1.54. The van der Waals surface area contributed by atoms with Gasteiger partial charge in [0.05, 0.1) is 4.88 Å². The highest BCUT2D eigenvalue weighted by atomic mass is 32.1. The Morgan fingerprint density at radius 2 is 2.41 bits per heavy atom. The molecular formula is C11H15N3O2S. The molecule has 0 aliphatic carbocycles. The van der Waals surface area contributed by atoms with Crippen molar-refractivity contribution in [3.8, 4) is 10.7 Å². The molecule has 2 rings (SSSR count). The van der Waals surface area contributed by atoms with Gasteiger partial charge in [0.2, 0.25) is 0 Å². The van der Waals surface area contributed by atoms with Crippen molar-refractivity contribution < 1.29 is 9.84 Å². The van der Waals surface area contributed by atoms with E-state index in [0.717, 1.165) is 10.7 Å². The summed E-state index contributed by atoms with van der Waals surface area (Å²) in [6.07, 6.45) is 0.675. The molecule has 0 saturated heterocycles. The van der Waals surface area contributed by atoms with Gasteiger partial charge in [-0.15, -0.1) is 11.3 Å². The van der Waals surface area contributed by atoms with E-state index in [9.17, 15) is 0 Å². The van der Waals surface area contributed by atoms with Crippen LogP contribution in [-0.2, 0) is 17.9 Å². The molecule has 17 heavy (non-hydrogen) atoms. The summed E-state index contributed by atoms with van der Waals surface area (Å²) < 4.78 is 6.86. The molecule has 0 aromatic carbocycles. The van der Waals surface area contributed by atoms with E-state index in [0.29, 0.717) is 25.4 Å². The van der Waals surface area contributed by atoms with Gasteiger partial charge in [-0.1, -0.05) is 6.07 Å². The van der Waals surface area contributed by atoms with Gasteiger partial charge in [0.1, 0.15) is 6.61 Å². The van der Waals surface area contributed by atoms with Crippen molar-refractivity contribution in [1.82, 2.24) is 14.8 Å². The second-order valence-electron chi connectivity index (χ2n) is 3.56. The van der Waals surface area contributed by atoms with Crippen molar-refractivity contribution in [3.05, 3.63) is 23.3 Å². The molecule has 2 aromatic rings. The minimum absolute atomic E-state index is 0.156.